The van der Waals surface area contributed by atoms with Gasteiger partial charge in [0.2, 0.25) is 0 Å². The van der Waals surface area contributed by atoms with Gasteiger partial charge in [-0.05, 0) is 22.3 Å². The van der Waals surface area contributed by atoms with E-state index in [-0.39, 0.29) is 12.0 Å². The quantitative estimate of drug-likeness (QED) is 0.725. The van der Waals surface area contributed by atoms with Crippen LogP contribution in [0.4, 0.5) is 4.79 Å². The fourth-order valence-electron chi connectivity index (χ4n) is 4.78. The van der Waals surface area contributed by atoms with E-state index in [9.17, 15) is 9.90 Å². The standard InChI is InChI=1S/C24H25N3O3/c1-26-15-12-25-22(26)24(29)10-13-27(14-11-24)23(28)30-16-21-19-8-4-2-6-17(19)18-7-3-5-9-20(18)21/h2-9,12,15,21,29H,10-11,13-14,16H2,1H3. The second-order valence-electron chi connectivity index (χ2n) is 8.18. The highest BCUT2D eigenvalue weighted by atomic mass is 16.6. The maximum atomic E-state index is 12.7. The van der Waals surface area contributed by atoms with Crippen molar-refractivity contribution in [1.29, 1.82) is 0 Å². The van der Waals surface area contributed by atoms with Crippen molar-refractivity contribution in [3.63, 3.8) is 0 Å². The first-order valence-corrected chi connectivity index (χ1v) is 10.4. The maximum Gasteiger partial charge on any atom is 0.409 e. The zero-order valence-corrected chi connectivity index (χ0v) is 17.0. The smallest absolute Gasteiger partial charge is 0.409 e. The summed E-state index contributed by atoms with van der Waals surface area (Å²) in [6.45, 7) is 1.20. The molecule has 1 amide bonds. The number of hydrogen-bond donors (Lipinski definition) is 1. The Morgan fingerprint density at radius 3 is 2.27 bits per heavy atom. The van der Waals surface area contributed by atoms with Crippen molar-refractivity contribution >= 4 is 6.09 Å². The second kappa shape index (κ2) is 7.29. The molecule has 0 spiro atoms. The van der Waals surface area contributed by atoms with Crippen LogP contribution in [0.1, 0.15) is 35.7 Å². The third-order valence-electron chi connectivity index (χ3n) is 6.42. The second-order valence-corrected chi connectivity index (χ2v) is 8.18. The van der Waals surface area contributed by atoms with Crippen molar-refractivity contribution in [3.8, 4) is 11.1 Å². The molecule has 6 heteroatoms. The van der Waals surface area contributed by atoms with Gasteiger partial charge in [0, 0.05) is 51.3 Å². The van der Waals surface area contributed by atoms with Gasteiger partial charge in [-0.2, -0.15) is 0 Å². The molecule has 0 saturated carbocycles. The molecule has 3 aromatic rings. The zero-order valence-electron chi connectivity index (χ0n) is 17.0. The predicted molar refractivity (Wildman–Crippen MR) is 113 cm³/mol. The van der Waals surface area contributed by atoms with Crippen LogP contribution in [0.25, 0.3) is 11.1 Å². The molecule has 5 rings (SSSR count). The molecule has 1 aliphatic carbocycles. The number of amides is 1. The van der Waals surface area contributed by atoms with Crippen LogP contribution in [0.15, 0.2) is 60.9 Å². The van der Waals surface area contributed by atoms with E-state index >= 15 is 0 Å². The highest BCUT2D eigenvalue weighted by molar-refractivity contribution is 5.79. The molecule has 1 aromatic heterocycles. The molecule has 0 radical (unpaired) electrons. The van der Waals surface area contributed by atoms with Crippen LogP contribution in [0.3, 0.4) is 0 Å². The number of piperidine rings is 1. The largest absolute Gasteiger partial charge is 0.448 e. The monoisotopic (exact) mass is 403 g/mol. The fraction of sp³-hybridized carbons (Fsp3) is 0.333. The van der Waals surface area contributed by atoms with Gasteiger partial charge in [0.1, 0.15) is 18.0 Å². The fourth-order valence-corrected chi connectivity index (χ4v) is 4.78. The summed E-state index contributed by atoms with van der Waals surface area (Å²) in [7, 11) is 1.87. The van der Waals surface area contributed by atoms with Crippen LogP contribution in [0.5, 0.6) is 0 Å². The van der Waals surface area contributed by atoms with Crippen molar-refractivity contribution in [3.05, 3.63) is 77.9 Å². The molecule has 1 fully saturated rings. The minimum Gasteiger partial charge on any atom is -0.448 e. The minimum absolute atomic E-state index is 0.0515. The van der Waals surface area contributed by atoms with Gasteiger partial charge in [0.25, 0.3) is 0 Å². The summed E-state index contributed by atoms with van der Waals surface area (Å²) in [6.07, 6.45) is 4.08. The Labute approximate surface area is 175 Å². The van der Waals surface area contributed by atoms with Gasteiger partial charge < -0.3 is 19.3 Å². The number of aromatic nitrogens is 2. The molecule has 0 bridgehead atoms. The number of benzene rings is 2. The molecule has 2 aromatic carbocycles. The Morgan fingerprint density at radius 2 is 1.70 bits per heavy atom. The van der Waals surface area contributed by atoms with E-state index in [2.05, 4.69) is 29.2 Å². The van der Waals surface area contributed by atoms with Crippen LogP contribution in [-0.4, -0.2) is 45.3 Å². The number of carbonyl (C=O) groups excluding carboxylic acids is 1. The maximum absolute atomic E-state index is 12.7. The average Bonchev–Trinajstić information content (AvgIpc) is 3.34. The number of aliphatic hydroxyl groups is 1. The van der Waals surface area contributed by atoms with Crippen LogP contribution in [-0.2, 0) is 17.4 Å². The van der Waals surface area contributed by atoms with E-state index < -0.39 is 5.60 Å². The summed E-state index contributed by atoms with van der Waals surface area (Å²) in [6, 6.07) is 16.6. The minimum atomic E-state index is -1.00. The van der Waals surface area contributed by atoms with Crippen LogP contribution < -0.4 is 0 Å². The van der Waals surface area contributed by atoms with E-state index in [4.69, 9.17) is 4.74 Å². The number of imidazole rings is 1. The summed E-state index contributed by atoms with van der Waals surface area (Å²) in [5.74, 6) is 0.699. The van der Waals surface area contributed by atoms with E-state index in [0.29, 0.717) is 38.4 Å². The molecule has 0 unspecified atom stereocenters. The number of rotatable bonds is 3. The molecular weight excluding hydrogens is 378 g/mol. The van der Waals surface area contributed by atoms with Gasteiger partial charge >= 0.3 is 6.09 Å². The lowest BCUT2D eigenvalue weighted by Gasteiger charge is -2.37. The lowest BCUT2D eigenvalue weighted by molar-refractivity contribution is -0.0334. The third-order valence-corrected chi connectivity index (χ3v) is 6.42. The summed E-state index contributed by atoms with van der Waals surface area (Å²) in [4.78, 5) is 18.7. The topological polar surface area (TPSA) is 67.6 Å². The molecule has 1 saturated heterocycles. The molecule has 0 atom stereocenters. The number of fused-ring (bicyclic) bond motifs is 3. The number of aryl methyl sites for hydroxylation is 1. The van der Waals surface area contributed by atoms with Crippen molar-refractivity contribution in [2.75, 3.05) is 19.7 Å². The zero-order chi connectivity index (χ0) is 20.7. The lowest BCUT2D eigenvalue weighted by Crippen LogP contribution is -2.46. The number of likely N-dealkylation sites (tertiary alicyclic amines) is 1. The number of nitrogens with zero attached hydrogens (tertiary/aromatic N) is 3. The van der Waals surface area contributed by atoms with Gasteiger partial charge in [0.05, 0.1) is 0 Å². The van der Waals surface area contributed by atoms with Gasteiger partial charge in [-0.3, -0.25) is 0 Å². The molecule has 1 N–H and O–H groups in total. The molecule has 30 heavy (non-hydrogen) atoms. The van der Waals surface area contributed by atoms with Crippen molar-refractivity contribution in [1.82, 2.24) is 14.5 Å². The van der Waals surface area contributed by atoms with Crippen molar-refractivity contribution < 1.29 is 14.6 Å². The van der Waals surface area contributed by atoms with Crippen LogP contribution in [0.2, 0.25) is 0 Å². The van der Waals surface area contributed by atoms with Gasteiger partial charge in [-0.15, -0.1) is 0 Å². The van der Waals surface area contributed by atoms with E-state index in [0.717, 1.165) is 0 Å². The Bertz CT molecular complexity index is 1040. The number of ether oxygens (including phenoxy) is 1. The first-order chi connectivity index (χ1) is 14.6. The van der Waals surface area contributed by atoms with Crippen molar-refractivity contribution in [2.24, 2.45) is 7.05 Å². The molecule has 2 aliphatic rings. The first kappa shape index (κ1) is 18.9. The number of hydrogen-bond acceptors (Lipinski definition) is 4. The Kier molecular flexibility index (Phi) is 4.59. The van der Waals surface area contributed by atoms with Crippen molar-refractivity contribution in [2.45, 2.75) is 24.4 Å². The predicted octanol–water partition coefficient (Wildman–Crippen LogP) is 3.65. The molecule has 6 nitrogen and oxygen atoms in total. The first-order valence-electron chi connectivity index (χ1n) is 10.4. The Hall–Kier alpha value is -3.12. The average molecular weight is 403 g/mol. The Balaban J connectivity index is 1.25. The summed E-state index contributed by atoms with van der Waals surface area (Å²) >= 11 is 0. The summed E-state index contributed by atoms with van der Waals surface area (Å²) in [5.41, 5.74) is 3.83. The third kappa shape index (κ3) is 3.08. The van der Waals surface area contributed by atoms with Gasteiger partial charge in [0.15, 0.2) is 0 Å². The van der Waals surface area contributed by atoms with Gasteiger partial charge in [-0.1, -0.05) is 48.5 Å². The summed E-state index contributed by atoms with van der Waals surface area (Å²) in [5, 5.41) is 11.0. The molecular formula is C24H25N3O3. The summed E-state index contributed by atoms with van der Waals surface area (Å²) < 4.78 is 7.58. The van der Waals surface area contributed by atoms with Crippen LogP contribution >= 0.6 is 0 Å². The normalized spacial score (nSPS) is 17.5. The molecule has 1 aliphatic heterocycles. The molecule has 2 heterocycles. The Morgan fingerprint density at radius 1 is 1.10 bits per heavy atom. The van der Waals surface area contributed by atoms with E-state index in [1.165, 1.54) is 22.3 Å². The van der Waals surface area contributed by atoms with Crippen LogP contribution in [0, 0.1) is 0 Å². The SMILES string of the molecule is Cn1ccnc1C1(O)CCN(C(=O)OCC2c3ccccc3-c3ccccc32)CC1. The van der Waals surface area contributed by atoms with E-state index in [1.807, 2.05) is 42.1 Å². The highest BCUT2D eigenvalue weighted by Crippen LogP contribution is 2.44. The van der Waals surface area contributed by atoms with E-state index in [1.54, 1.807) is 11.1 Å². The number of carbonyl (C=O) groups is 1. The highest BCUT2D eigenvalue weighted by Gasteiger charge is 2.39. The van der Waals surface area contributed by atoms with Gasteiger partial charge in [-0.25, -0.2) is 9.78 Å². The molecule has 154 valence electrons. The lowest BCUT2D eigenvalue weighted by atomic mass is 9.90.